The number of furan rings is 1. The maximum Gasteiger partial charge on any atom is 0.133 e. The zero-order chi connectivity index (χ0) is 18.9. The highest BCUT2D eigenvalue weighted by molar-refractivity contribution is 5.84. The molecule has 5 heteroatoms. The van der Waals surface area contributed by atoms with Crippen LogP contribution in [0.2, 0.25) is 0 Å². The van der Waals surface area contributed by atoms with E-state index in [-0.39, 0.29) is 0 Å². The topological polar surface area (TPSA) is 44.6 Å². The summed E-state index contributed by atoms with van der Waals surface area (Å²) in [4.78, 5) is 8.41. The van der Waals surface area contributed by atoms with E-state index in [0.29, 0.717) is 0 Å². The molecule has 2 aromatic carbocycles. The largest absolute Gasteiger partial charge is 0.497 e. The van der Waals surface area contributed by atoms with Crippen LogP contribution in [0.1, 0.15) is 5.56 Å². The molecule has 0 spiro atoms. The van der Waals surface area contributed by atoms with E-state index in [4.69, 9.17) is 9.15 Å². The summed E-state index contributed by atoms with van der Waals surface area (Å²) < 4.78 is 10.8. The molecule has 0 unspecified atom stereocenters. The van der Waals surface area contributed by atoms with Gasteiger partial charge in [0.1, 0.15) is 11.3 Å². The lowest BCUT2D eigenvalue weighted by molar-refractivity contribution is 0.261. The standard InChI is InChI=1S/C23H25N3O2/c1-27-20-3-4-22-21(15-20)18(16-24-22)6-8-25-9-11-26(12-10-25)19-2-5-23-17(14-19)7-13-28-23/h2-5,7,13-16,24H,6,8-12H2,1H3. The number of rotatable bonds is 5. The number of hydrogen-bond acceptors (Lipinski definition) is 4. The first-order valence-corrected chi connectivity index (χ1v) is 9.89. The van der Waals surface area contributed by atoms with Gasteiger partial charge in [0.25, 0.3) is 0 Å². The van der Waals surface area contributed by atoms with Crippen LogP contribution in [0, 0.1) is 0 Å². The molecule has 1 saturated heterocycles. The summed E-state index contributed by atoms with van der Waals surface area (Å²) in [5, 5.41) is 2.45. The summed E-state index contributed by atoms with van der Waals surface area (Å²) in [6, 6.07) is 14.7. The van der Waals surface area contributed by atoms with Gasteiger partial charge in [-0.2, -0.15) is 0 Å². The Bertz CT molecular complexity index is 1090. The Balaban J connectivity index is 1.20. The van der Waals surface area contributed by atoms with Gasteiger partial charge in [-0.1, -0.05) is 0 Å². The molecule has 28 heavy (non-hydrogen) atoms. The molecular weight excluding hydrogens is 350 g/mol. The predicted octanol–water partition coefficient (Wildman–Crippen LogP) is 4.29. The van der Waals surface area contributed by atoms with Crippen LogP contribution in [0.3, 0.4) is 0 Å². The average molecular weight is 375 g/mol. The zero-order valence-corrected chi connectivity index (χ0v) is 16.1. The molecule has 1 N–H and O–H groups in total. The lowest BCUT2D eigenvalue weighted by atomic mass is 10.1. The third kappa shape index (κ3) is 3.22. The second-order valence-electron chi connectivity index (χ2n) is 7.45. The fourth-order valence-corrected chi connectivity index (χ4v) is 4.15. The molecule has 3 heterocycles. The first kappa shape index (κ1) is 17.2. The number of aromatic nitrogens is 1. The Morgan fingerprint density at radius 2 is 1.93 bits per heavy atom. The summed E-state index contributed by atoms with van der Waals surface area (Å²) in [6.07, 6.45) is 4.95. The molecule has 0 aliphatic carbocycles. The Hall–Kier alpha value is -2.92. The molecule has 2 aromatic heterocycles. The van der Waals surface area contributed by atoms with Gasteiger partial charge in [-0.25, -0.2) is 0 Å². The normalized spacial score (nSPS) is 15.5. The van der Waals surface area contributed by atoms with E-state index in [1.54, 1.807) is 13.4 Å². The molecule has 144 valence electrons. The van der Waals surface area contributed by atoms with E-state index in [1.165, 1.54) is 27.5 Å². The van der Waals surface area contributed by atoms with Gasteiger partial charge in [-0.15, -0.1) is 0 Å². The van der Waals surface area contributed by atoms with Gasteiger partial charge in [0.15, 0.2) is 0 Å². The molecule has 4 aromatic rings. The number of aromatic amines is 1. The number of benzene rings is 2. The van der Waals surface area contributed by atoms with Crippen LogP contribution < -0.4 is 9.64 Å². The minimum atomic E-state index is 0.913. The highest BCUT2D eigenvalue weighted by atomic mass is 16.5. The van der Waals surface area contributed by atoms with E-state index in [9.17, 15) is 0 Å². The molecule has 1 aliphatic heterocycles. The van der Waals surface area contributed by atoms with Crippen molar-refractivity contribution in [3.05, 3.63) is 60.5 Å². The van der Waals surface area contributed by atoms with Gasteiger partial charge >= 0.3 is 0 Å². The molecule has 5 nitrogen and oxygen atoms in total. The van der Waals surface area contributed by atoms with E-state index in [0.717, 1.165) is 50.5 Å². The van der Waals surface area contributed by atoms with Crippen LogP contribution in [0.15, 0.2) is 59.3 Å². The number of nitrogens with one attached hydrogen (secondary N) is 1. The molecule has 1 fully saturated rings. The molecule has 5 rings (SSSR count). The van der Waals surface area contributed by atoms with E-state index in [2.05, 4.69) is 51.3 Å². The minimum absolute atomic E-state index is 0.913. The zero-order valence-electron chi connectivity index (χ0n) is 16.1. The van der Waals surface area contributed by atoms with E-state index in [1.807, 2.05) is 12.1 Å². The SMILES string of the molecule is COc1ccc2[nH]cc(CCN3CCN(c4ccc5occc5c4)CC3)c2c1. The van der Waals surface area contributed by atoms with E-state index < -0.39 is 0 Å². The fraction of sp³-hybridized carbons (Fsp3) is 0.304. The number of ether oxygens (including phenoxy) is 1. The second-order valence-corrected chi connectivity index (χ2v) is 7.45. The van der Waals surface area contributed by atoms with Gasteiger partial charge in [0.05, 0.1) is 13.4 Å². The Morgan fingerprint density at radius 3 is 2.79 bits per heavy atom. The van der Waals surface area contributed by atoms with Gasteiger partial charge in [0, 0.05) is 60.9 Å². The highest BCUT2D eigenvalue weighted by Gasteiger charge is 2.18. The van der Waals surface area contributed by atoms with Crippen LogP contribution in [0.25, 0.3) is 21.9 Å². The van der Waals surface area contributed by atoms with Crippen molar-refractivity contribution < 1.29 is 9.15 Å². The van der Waals surface area contributed by atoms with Gasteiger partial charge in [0.2, 0.25) is 0 Å². The maximum absolute atomic E-state index is 5.45. The first-order chi connectivity index (χ1) is 13.8. The third-order valence-electron chi connectivity index (χ3n) is 5.85. The highest BCUT2D eigenvalue weighted by Crippen LogP contribution is 2.25. The molecular formula is C23H25N3O2. The number of piperazine rings is 1. The smallest absolute Gasteiger partial charge is 0.133 e. The summed E-state index contributed by atoms with van der Waals surface area (Å²) in [5.41, 5.74) is 4.78. The van der Waals surface area contributed by atoms with Gasteiger partial charge in [-0.3, -0.25) is 4.90 Å². The Morgan fingerprint density at radius 1 is 1.04 bits per heavy atom. The fourth-order valence-electron chi connectivity index (χ4n) is 4.15. The quantitative estimate of drug-likeness (QED) is 0.565. The van der Waals surface area contributed by atoms with Crippen LogP contribution in [0.5, 0.6) is 5.75 Å². The number of anilines is 1. The number of hydrogen-bond donors (Lipinski definition) is 1. The number of methoxy groups -OCH3 is 1. The van der Waals surface area contributed by atoms with Gasteiger partial charge < -0.3 is 19.0 Å². The summed E-state index contributed by atoms with van der Waals surface area (Å²) in [5.74, 6) is 0.913. The summed E-state index contributed by atoms with van der Waals surface area (Å²) >= 11 is 0. The summed E-state index contributed by atoms with van der Waals surface area (Å²) in [6.45, 7) is 5.39. The van der Waals surface area contributed by atoms with Crippen molar-refractivity contribution in [3.8, 4) is 5.75 Å². The molecule has 0 radical (unpaired) electrons. The van der Waals surface area contributed by atoms with E-state index >= 15 is 0 Å². The number of fused-ring (bicyclic) bond motifs is 2. The second kappa shape index (κ2) is 7.24. The van der Waals surface area contributed by atoms with Crippen LogP contribution >= 0.6 is 0 Å². The van der Waals surface area contributed by atoms with Crippen LogP contribution in [-0.4, -0.2) is 49.7 Å². The first-order valence-electron chi connectivity index (χ1n) is 9.89. The predicted molar refractivity (Wildman–Crippen MR) is 113 cm³/mol. The molecule has 1 aliphatic rings. The number of nitrogens with zero attached hydrogens (tertiary/aromatic N) is 2. The molecule has 0 bridgehead atoms. The average Bonchev–Trinajstić information content (AvgIpc) is 3.38. The lowest BCUT2D eigenvalue weighted by Gasteiger charge is -2.36. The van der Waals surface area contributed by atoms with Crippen molar-refractivity contribution in [2.45, 2.75) is 6.42 Å². The van der Waals surface area contributed by atoms with Crippen LogP contribution in [0.4, 0.5) is 5.69 Å². The maximum atomic E-state index is 5.45. The summed E-state index contributed by atoms with van der Waals surface area (Å²) in [7, 11) is 1.72. The Labute approximate surface area is 164 Å². The third-order valence-corrected chi connectivity index (χ3v) is 5.85. The molecule has 0 saturated carbocycles. The lowest BCUT2D eigenvalue weighted by Crippen LogP contribution is -2.46. The van der Waals surface area contributed by atoms with Crippen LogP contribution in [-0.2, 0) is 6.42 Å². The van der Waals surface area contributed by atoms with Crippen molar-refractivity contribution in [2.24, 2.45) is 0 Å². The monoisotopic (exact) mass is 375 g/mol. The van der Waals surface area contributed by atoms with Crippen molar-refractivity contribution in [1.82, 2.24) is 9.88 Å². The van der Waals surface area contributed by atoms with Crippen molar-refractivity contribution in [2.75, 3.05) is 44.7 Å². The van der Waals surface area contributed by atoms with Crippen molar-refractivity contribution in [1.29, 1.82) is 0 Å². The molecule has 0 atom stereocenters. The Kier molecular flexibility index (Phi) is 4.45. The molecule has 0 amide bonds. The number of H-pyrrole nitrogens is 1. The van der Waals surface area contributed by atoms with Crippen molar-refractivity contribution in [3.63, 3.8) is 0 Å². The van der Waals surface area contributed by atoms with Crippen molar-refractivity contribution >= 4 is 27.6 Å². The van der Waals surface area contributed by atoms with Gasteiger partial charge in [-0.05, 0) is 54.4 Å². The minimum Gasteiger partial charge on any atom is -0.497 e.